The fraction of sp³-hybridized carbons (Fsp3) is 0.562. The molecule has 5 heteroatoms. The van der Waals surface area contributed by atoms with Crippen LogP contribution in [0.2, 0.25) is 0 Å². The van der Waals surface area contributed by atoms with Gasteiger partial charge in [0.15, 0.2) is 6.61 Å². The minimum Gasteiger partial charge on any atom is -0.494 e. The Morgan fingerprint density at radius 1 is 1.29 bits per heavy atom. The zero-order chi connectivity index (χ0) is 14.9. The van der Waals surface area contributed by atoms with Crippen molar-refractivity contribution in [1.29, 1.82) is 0 Å². The van der Waals surface area contributed by atoms with Gasteiger partial charge in [-0.25, -0.2) is 0 Å². The molecule has 1 aliphatic rings. The number of nitrogens with one attached hydrogen (secondary N) is 1. The Hall–Kier alpha value is -1.75. The summed E-state index contributed by atoms with van der Waals surface area (Å²) in [5.74, 6) is 1.34. The molecule has 1 N–H and O–H groups in total. The highest BCUT2D eigenvalue weighted by molar-refractivity contribution is 5.77. The zero-order valence-corrected chi connectivity index (χ0v) is 12.5. The maximum absolute atomic E-state index is 11.7. The van der Waals surface area contributed by atoms with E-state index in [1.54, 1.807) is 12.1 Å². The molecule has 0 bridgehead atoms. The van der Waals surface area contributed by atoms with Gasteiger partial charge in [0.2, 0.25) is 0 Å². The van der Waals surface area contributed by atoms with Gasteiger partial charge < -0.3 is 19.5 Å². The second-order valence-electron chi connectivity index (χ2n) is 5.05. The quantitative estimate of drug-likeness (QED) is 0.798. The number of ether oxygens (including phenoxy) is 3. The van der Waals surface area contributed by atoms with Crippen molar-refractivity contribution in [3.63, 3.8) is 0 Å². The molecule has 1 aromatic rings. The highest BCUT2D eigenvalue weighted by atomic mass is 16.5. The molecule has 21 heavy (non-hydrogen) atoms. The van der Waals surface area contributed by atoms with Crippen LogP contribution in [0.15, 0.2) is 24.3 Å². The fourth-order valence-electron chi connectivity index (χ4n) is 2.08. The van der Waals surface area contributed by atoms with Crippen molar-refractivity contribution in [2.45, 2.75) is 32.3 Å². The van der Waals surface area contributed by atoms with Crippen LogP contribution in [-0.2, 0) is 9.53 Å². The lowest BCUT2D eigenvalue weighted by Gasteiger charge is -2.11. The second-order valence-corrected chi connectivity index (χ2v) is 5.05. The summed E-state index contributed by atoms with van der Waals surface area (Å²) >= 11 is 0. The molecule has 1 aromatic carbocycles. The van der Waals surface area contributed by atoms with E-state index in [4.69, 9.17) is 14.2 Å². The molecule has 1 heterocycles. The van der Waals surface area contributed by atoms with Crippen molar-refractivity contribution >= 4 is 5.91 Å². The third-order valence-corrected chi connectivity index (χ3v) is 3.22. The number of hydrogen-bond acceptors (Lipinski definition) is 4. The summed E-state index contributed by atoms with van der Waals surface area (Å²) in [5, 5.41) is 2.82. The summed E-state index contributed by atoms with van der Waals surface area (Å²) in [6, 6.07) is 7.29. The van der Waals surface area contributed by atoms with E-state index in [-0.39, 0.29) is 18.6 Å². The summed E-state index contributed by atoms with van der Waals surface area (Å²) in [6.45, 7) is 4.13. The molecule has 0 spiro atoms. The van der Waals surface area contributed by atoms with E-state index in [0.29, 0.717) is 18.9 Å². The van der Waals surface area contributed by atoms with Crippen molar-refractivity contribution in [2.24, 2.45) is 0 Å². The van der Waals surface area contributed by atoms with Crippen LogP contribution in [0.3, 0.4) is 0 Å². The van der Waals surface area contributed by atoms with Crippen LogP contribution in [0, 0.1) is 0 Å². The maximum atomic E-state index is 11.7. The molecule has 116 valence electrons. The van der Waals surface area contributed by atoms with Gasteiger partial charge in [-0.15, -0.1) is 0 Å². The monoisotopic (exact) mass is 293 g/mol. The molecule has 0 aliphatic carbocycles. The van der Waals surface area contributed by atoms with E-state index in [1.165, 1.54) is 0 Å². The third kappa shape index (κ3) is 5.63. The van der Waals surface area contributed by atoms with E-state index in [1.807, 2.05) is 12.1 Å². The standard InChI is InChI=1S/C16H23NO4/c1-2-9-19-13-5-7-14(8-6-13)21-12-16(18)17-11-15-4-3-10-20-15/h5-8,15H,2-4,9-12H2,1H3,(H,17,18). The van der Waals surface area contributed by atoms with Crippen molar-refractivity contribution in [3.8, 4) is 11.5 Å². The van der Waals surface area contributed by atoms with Gasteiger partial charge in [0.05, 0.1) is 12.7 Å². The van der Waals surface area contributed by atoms with Gasteiger partial charge in [0.25, 0.3) is 5.91 Å². The molecular formula is C16H23NO4. The minimum atomic E-state index is -0.128. The summed E-state index contributed by atoms with van der Waals surface area (Å²) in [4.78, 5) is 11.7. The molecule has 0 saturated carbocycles. The van der Waals surface area contributed by atoms with Crippen LogP contribution in [0.25, 0.3) is 0 Å². The van der Waals surface area contributed by atoms with Crippen molar-refractivity contribution < 1.29 is 19.0 Å². The lowest BCUT2D eigenvalue weighted by atomic mass is 10.2. The first-order valence-corrected chi connectivity index (χ1v) is 7.52. The Morgan fingerprint density at radius 3 is 2.62 bits per heavy atom. The third-order valence-electron chi connectivity index (χ3n) is 3.22. The SMILES string of the molecule is CCCOc1ccc(OCC(=O)NCC2CCCO2)cc1. The molecule has 1 saturated heterocycles. The number of amides is 1. The van der Waals surface area contributed by atoms with Gasteiger partial charge >= 0.3 is 0 Å². The van der Waals surface area contributed by atoms with Crippen molar-refractivity contribution in [3.05, 3.63) is 24.3 Å². The van der Waals surface area contributed by atoms with Crippen LogP contribution in [0.1, 0.15) is 26.2 Å². The highest BCUT2D eigenvalue weighted by Gasteiger charge is 2.16. The van der Waals surface area contributed by atoms with Gasteiger partial charge in [-0.3, -0.25) is 4.79 Å². The van der Waals surface area contributed by atoms with E-state index in [0.717, 1.165) is 31.6 Å². The number of rotatable bonds is 8. The Labute approximate surface area is 125 Å². The van der Waals surface area contributed by atoms with Crippen molar-refractivity contribution in [1.82, 2.24) is 5.32 Å². The number of carbonyl (C=O) groups excluding carboxylic acids is 1. The molecule has 0 radical (unpaired) electrons. The Bertz CT molecular complexity index is 426. The highest BCUT2D eigenvalue weighted by Crippen LogP contribution is 2.17. The molecule has 1 unspecified atom stereocenters. The second kappa shape index (κ2) is 8.52. The van der Waals surface area contributed by atoms with Gasteiger partial charge in [0.1, 0.15) is 11.5 Å². The predicted molar refractivity (Wildman–Crippen MR) is 79.7 cm³/mol. The number of carbonyl (C=O) groups is 1. The molecule has 1 atom stereocenters. The zero-order valence-electron chi connectivity index (χ0n) is 12.5. The lowest BCUT2D eigenvalue weighted by Crippen LogP contribution is -2.35. The molecular weight excluding hydrogens is 270 g/mol. The normalized spacial score (nSPS) is 17.5. The molecule has 0 aromatic heterocycles. The average Bonchev–Trinajstić information content (AvgIpc) is 3.03. The molecule has 2 rings (SSSR count). The molecule has 5 nitrogen and oxygen atoms in total. The van der Waals surface area contributed by atoms with Gasteiger partial charge in [-0.1, -0.05) is 6.92 Å². The van der Waals surface area contributed by atoms with Crippen LogP contribution < -0.4 is 14.8 Å². The van der Waals surface area contributed by atoms with Crippen LogP contribution in [0.5, 0.6) is 11.5 Å². The molecule has 1 aliphatic heterocycles. The first-order chi connectivity index (χ1) is 10.3. The summed E-state index contributed by atoms with van der Waals surface area (Å²) in [5.41, 5.74) is 0. The Balaban J connectivity index is 1.65. The minimum absolute atomic E-state index is 0.0158. The van der Waals surface area contributed by atoms with Gasteiger partial charge in [-0.2, -0.15) is 0 Å². The maximum Gasteiger partial charge on any atom is 0.258 e. The predicted octanol–water partition coefficient (Wildman–Crippen LogP) is 2.15. The summed E-state index contributed by atoms with van der Waals surface area (Å²) < 4.78 is 16.4. The van der Waals surface area contributed by atoms with Gasteiger partial charge in [-0.05, 0) is 43.5 Å². The first kappa shape index (κ1) is 15.6. The Morgan fingerprint density at radius 2 is 2.00 bits per heavy atom. The average molecular weight is 293 g/mol. The number of benzene rings is 1. The van der Waals surface area contributed by atoms with E-state index in [2.05, 4.69) is 12.2 Å². The summed E-state index contributed by atoms with van der Waals surface area (Å²) in [6.07, 6.45) is 3.22. The van der Waals surface area contributed by atoms with Crippen molar-refractivity contribution in [2.75, 3.05) is 26.4 Å². The first-order valence-electron chi connectivity index (χ1n) is 7.52. The van der Waals surface area contributed by atoms with Gasteiger partial charge in [0, 0.05) is 13.2 Å². The van der Waals surface area contributed by atoms with E-state index < -0.39 is 0 Å². The summed E-state index contributed by atoms with van der Waals surface area (Å²) in [7, 11) is 0. The lowest BCUT2D eigenvalue weighted by molar-refractivity contribution is -0.123. The molecule has 1 fully saturated rings. The number of hydrogen-bond donors (Lipinski definition) is 1. The topological polar surface area (TPSA) is 56.8 Å². The largest absolute Gasteiger partial charge is 0.494 e. The van der Waals surface area contributed by atoms with Crippen LogP contribution in [0.4, 0.5) is 0 Å². The Kier molecular flexibility index (Phi) is 6.34. The van der Waals surface area contributed by atoms with E-state index in [9.17, 15) is 4.79 Å². The molecule has 1 amide bonds. The fourth-order valence-corrected chi connectivity index (χ4v) is 2.08. The smallest absolute Gasteiger partial charge is 0.258 e. The van der Waals surface area contributed by atoms with E-state index >= 15 is 0 Å². The van der Waals surface area contributed by atoms with Crippen LogP contribution >= 0.6 is 0 Å². The van der Waals surface area contributed by atoms with Crippen LogP contribution in [-0.4, -0.2) is 38.4 Å².